The molecular formula is C32H32F3N3O3. The van der Waals surface area contributed by atoms with Crippen molar-refractivity contribution in [1.82, 2.24) is 14.7 Å². The lowest BCUT2D eigenvalue weighted by Gasteiger charge is -2.28. The van der Waals surface area contributed by atoms with Gasteiger partial charge < -0.3 is 14.5 Å². The van der Waals surface area contributed by atoms with Crippen LogP contribution in [0.4, 0.5) is 13.2 Å². The molecule has 1 N–H and O–H groups in total. The van der Waals surface area contributed by atoms with Crippen LogP contribution in [0.3, 0.4) is 0 Å². The molecule has 0 bridgehead atoms. The molecular weight excluding hydrogens is 531 g/mol. The third kappa shape index (κ3) is 6.96. The number of rotatable bonds is 8. The van der Waals surface area contributed by atoms with E-state index in [2.05, 4.69) is 34.6 Å². The Morgan fingerprint density at radius 3 is 2.27 bits per heavy atom. The van der Waals surface area contributed by atoms with Crippen molar-refractivity contribution in [2.75, 3.05) is 6.61 Å². The molecule has 1 aliphatic carbocycles. The third-order valence-corrected chi connectivity index (χ3v) is 7.74. The first-order valence-electron chi connectivity index (χ1n) is 13.9. The molecule has 214 valence electrons. The SMILES string of the molecule is CCOC(=O)C[C@H]1CC[C@H](c2ccc(-c3ccc4nc(C(=O)NCc5ccc(C(F)(F)F)cc5)cn4c3)cc2)CC1. The lowest BCUT2D eigenvalue weighted by Crippen LogP contribution is -2.23. The quantitative estimate of drug-likeness (QED) is 0.231. The fourth-order valence-corrected chi connectivity index (χ4v) is 5.46. The standard InChI is InChI=1S/C32H32F3N3O3/c1-2-41-30(39)17-21-3-7-23(8-4-21)24-9-11-25(12-10-24)26-13-16-29-37-28(20-38(29)19-26)31(40)36-18-22-5-14-27(15-6-22)32(33,34)35/h5-6,9-16,19-21,23H,2-4,7-8,17-18H2,1H3,(H,36,40)/t21-,23-. The van der Waals surface area contributed by atoms with Gasteiger partial charge in [-0.3, -0.25) is 9.59 Å². The van der Waals surface area contributed by atoms with Crippen LogP contribution in [0.25, 0.3) is 16.8 Å². The number of fused-ring (bicyclic) bond motifs is 1. The molecule has 9 heteroatoms. The number of pyridine rings is 1. The number of amides is 1. The summed E-state index contributed by atoms with van der Waals surface area (Å²) in [6, 6.07) is 17.1. The summed E-state index contributed by atoms with van der Waals surface area (Å²) in [6.07, 6.45) is 3.87. The summed E-state index contributed by atoms with van der Waals surface area (Å²) in [5.74, 6) is 0.392. The molecule has 0 unspecified atom stereocenters. The molecule has 0 atom stereocenters. The molecule has 6 nitrogen and oxygen atoms in total. The Hall–Kier alpha value is -4.14. The molecule has 4 aromatic rings. The second-order valence-corrected chi connectivity index (χ2v) is 10.5. The first-order valence-corrected chi connectivity index (χ1v) is 13.9. The van der Waals surface area contributed by atoms with Gasteiger partial charge in [0.25, 0.3) is 5.91 Å². The lowest BCUT2D eigenvalue weighted by molar-refractivity contribution is -0.144. The summed E-state index contributed by atoms with van der Waals surface area (Å²) < 4.78 is 45.2. The molecule has 2 aromatic carbocycles. The Balaban J connectivity index is 1.19. The molecule has 1 amide bonds. The van der Waals surface area contributed by atoms with E-state index in [1.807, 2.05) is 25.3 Å². The minimum atomic E-state index is -4.40. The monoisotopic (exact) mass is 563 g/mol. The zero-order valence-electron chi connectivity index (χ0n) is 22.8. The zero-order valence-corrected chi connectivity index (χ0v) is 22.8. The number of nitrogens with zero attached hydrogens (tertiary/aromatic N) is 2. The maximum atomic E-state index is 12.8. The molecule has 5 rings (SSSR count). The molecule has 1 fully saturated rings. The number of aromatic nitrogens is 2. The summed E-state index contributed by atoms with van der Waals surface area (Å²) in [5.41, 5.74) is 4.01. The molecule has 1 saturated carbocycles. The Morgan fingerprint density at radius 1 is 0.927 bits per heavy atom. The van der Waals surface area contributed by atoms with Crippen molar-refractivity contribution >= 4 is 17.5 Å². The van der Waals surface area contributed by atoms with Crippen LogP contribution >= 0.6 is 0 Å². The third-order valence-electron chi connectivity index (χ3n) is 7.74. The van der Waals surface area contributed by atoms with Crippen LogP contribution < -0.4 is 5.32 Å². The number of halogens is 3. The van der Waals surface area contributed by atoms with E-state index in [1.54, 1.807) is 10.6 Å². The van der Waals surface area contributed by atoms with Gasteiger partial charge >= 0.3 is 12.1 Å². The van der Waals surface area contributed by atoms with Crippen molar-refractivity contribution in [1.29, 1.82) is 0 Å². The van der Waals surface area contributed by atoms with Crippen LogP contribution in [-0.2, 0) is 22.3 Å². The number of carbonyl (C=O) groups excluding carboxylic acids is 2. The Kier molecular flexibility index (Phi) is 8.42. The number of nitrogens with one attached hydrogen (secondary N) is 1. The predicted octanol–water partition coefficient (Wildman–Crippen LogP) is 7.18. The second kappa shape index (κ2) is 12.2. The number of ether oxygens (including phenoxy) is 1. The highest BCUT2D eigenvalue weighted by Crippen LogP contribution is 2.38. The van der Waals surface area contributed by atoms with Crippen molar-refractivity contribution in [3.8, 4) is 11.1 Å². The van der Waals surface area contributed by atoms with Gasteiger partial charge in [0, 0.05) is 25.4 Å². The van der Waals surface area contributed by atoms with Gasteiger partial charge in [0.15, 0.2) is 0 Å². The average molecular weight is 564 g/mol. The zero-order chi connectivity index (χ0) is 29.0. The maximum Gasteiger partial charge on any atom is 0.416 e. The molecule has 1 aliphatic rings. The van der Waals surface area contributed by atoms with Crippen molar-refractivity contribution in [3.63, 3.8) is 0 Å². The van der Waals surface area contributed by atoms with E-state index in [4.69, 9.17) is 4.74 Å². The smallest absolute Gasteiger partial charge is 0.416 e. The molecule has 0 saturated heterocycles. The number of imidazole rings is 1. The van der Waals surface area contributed by atoms with E-state index in [9.17, 15) is 22.8 Å². The molecule has 2 heterocycles. The number of hydrogen-bond donors (Lipinski definition) is 1. The minimum absolute atomic E-state index is 0.0927. The first-order chi connectivity index (χ1) is 19.7. The minimum Gasteiger partial charge on any atom is -0.466 e. The van der Waals surface area contributed by atoms with E-state index in [0.717, 1.165) is 48.9 Å². The number of esters is 1. The van der Waals surface area contributed by atoms with E-state index in [0.29, 0.717) is 36.1 Å². The largest absolute Gasteiger partial charge is 0.466 e. The van der Waals surface area contributed by atoms with Crippen LogP contribution in [0.1, 0.15) is 72.1 Å². The van der Waals surface area contributed by atoms with Gasteiger partial charge in [-0.2, -0.15) is 13.2 Å². The van der Waals surface area contributed by atoms with Gasteiger partial charge in [0.2, 0.25) is 0 Å². The summed E-state index contributed by atoms with van der Waals surface area (Å²) in [7, 11) is 0. The number of hydrogen-bond acceptors (Lipinski definition) is 4. The number of carbonyl (C=O) groups is 2. The highest BCUT2D eigenvalue weighted by Gasteiger charge is 2.30. The average Bonchev–Trinajstić information content (AvgIpc) is 3.40. The van der Waals surface area contributed by atoms with Crippen molar-refractivity contribution in [2.45, 2.75) is 57.7 Å². The Morgan fingerprint density at radius 2 is 1.61 bits per heavy atom. The fourth-order valence-electron chi connectivity index (χ4n) is 5.46. The normalized spacial score (nSPS) is 17.4. The van der Waals surface area contributed by atoms with Gasteiger partial charge in [-0.1, -0.05) is 36.4 Å². The van der Waals surface area contributed by atoms with Gasteiger partial charge in [0.05, 0.1) is 12.2 Å². The Labute approximate surface area is 236 Å². The molecule has 0 aliphatic heterocycles. The number of benzene rings is 2. The van der Waals surface area contributed by atoms with E-state index in [-0.39, 0.29) is 18.2 Å². The van der Waals surface area contributed by atoms with Gasteiger partial charge in [-0.25, -0.2) is 4.98 Å². The predicted molar refractivity (Wildman–Crippen MR) is 149 cm³/mol. The molecule has 0 spiro atoms. The summed E-state index contributed by atoms with van der Waals surface area (Å²) in [5, 5.41) is 2.72. The van der Waals surface area contributed by atoms with Crippen LogP contribution in [0.2, 0.25) is 0 Å². The van der Waals surface area contributed by atoms with Crippen LogP contribution in [-0.4, -0.2) is 27.9 Å². The highest BCUT2D eigenvalue weighted by molar-refractivity contribution is 5.92. The maximum absolute atomic E-state index is 12.8. The van der Waals surface area contributed by atoms with E-state index >= 15 is 0 Å². The molecule has 0 radical (unpaired) electrons. The van der Waals surface area contributed by atoms with Crippen molar-refractivity contribution in [2.24, 2.45) is 5.92 Å². The van der Waals surface area contributed by atoms with Gasteiger partial charge in [-0.05, 0) is 91.0 Å². The summed E-state index contributed by atoms with van der Waals surface area (Å²) >= 11 is 0. The number of alkyl halides is 3. The second-order valence-electron chi connectivity index (χ2n) is 10.5. The molecule has 2 aromatic heterocycles. The van der Waals surface area contributed by atoms with Crippen LogP contribution in [0.15, 0.2) is 73.1 Å². The summed E-state index contributed by atoms with van der Waals surface area (Å²) in [6.45, 7) is 2.36. The van der Waals surface area contributed by atoms with Crippen molar-refractivity contribution in [3.05, 3.63) is 95.4 Å². The first kappa shape index (κ1) is 28.4. The van der Waals surface area contributed by atoms with Gasteiger partial charge in [-0.15, -0.1) is 0 Å². The van der Waals surface area contributed by atoms with Crippen molar-refractivity contribution < 1.29 is 27.5 Å². The summed E-state index contributed by atoms with van der Waals surface area (Å²) in [4.78, 5) is 28.9. The van der Waals surface area contributed by atoms with E-state index < -0.39 is 17.6 Å². The van der Waals surface area contributed by atoms with Gasteiger partial charge in [0.1, 0.15) is 11.3 Å². The Bertz CT molecular complexity index is 1500. The topological polar surface area (TPSA) is 72.7 Å². The lowest BCUT2D eigenvalue weighted by atomic mass is 9.77. The van der Waals surface area contributed by atoms with E-state index in [1.165, 1.54) is 17.7 Å². The fraction of sp³-hybridized carbons (Fsp3) is 0.344. The molecule has 41 heavy (non-hydrogen) atoms. The van der Waals surface area contributed by atoms with Crippen LogP contribution in [0, 0.1) is 5.92 Å². The highest BCUT2D eigenvalue weighted by atomic mass is 19.4. The van der Waals surface area contributed by atoms with Crippen LogP contribution in [0.5, 0.6) is 0 Å².